The number of hydrogen-bond donors (Lipinski definition) is 0. The van der Waals surface area contributed by atoms with Gasteiger partial charge in [-0.25, -0.2) is 0 Å². The fourth-order valence-electron chi connectivity index (χ4n) is 1.29. The van der Waals surface area contributed by atoms with Gasteiger partial charge >= 0.3 is 12.0 Å². The van der Waals surface area contributed by atoms with Crippen LogP contribution in [0.15, 0.2) is 0 Å². The summed E-state index contributed by atoms with van der Waals surface area (Å²) < 4.78 is 43.8. The maximum absolute atomic E-state index is 13.3. The zero-order valence-electron chi connectivity index (χ0n) is 7.88. The number of hydrogen-bond acceptors (Lipinski definition) is 3. The molecule has 1 aliphatic rings. The monoisotopic (exact) mass is 261 g/mol. The molecule has 1 heterocycles. The van der Waals surface area contributed by atoms with E-state index in [1.54, 1.807) is 0 Å². The number of halogens is 3. The topological polar surface area (TPSA) is 29.5 Å². The van der Waals surface area contributed by atoms with Gasteiger partial charge in [0.2, 0.25) is 0 Å². The number of morpholine rings is 1. The van der Waals surface area contributed by atoms with Crippen molar-refractivity contribution in [2.45, 2.75) is 10.9 Å². The minimum atomic E-state index is -4.06. The summed E-state index contributed by atoms with van der Waals surface area (Å²) in [5.74, 6) is -4.06. The molecule has 0 bridgehead atoms. The van der Waals surface area contributed by atoms with Crippen molar-refractivity contribution in [1.29, 1.82) is 0 Å². The summed E-state index contributed by atoms with van der Waals surface area (Å²) in [6, 6.07) is -2.63. The van der Waals surface area contributed by atoms with Gasteiger partial charge in [-0.15, -0.1) is 18.5 Å². The van der Waals surface area contributed by atoms with E-state index in [-0.39, 0.29) is 13.1 Å². The third kappa shape index (κ3) is 2.50. The molecule has 0 aromatic carbocycles. The Kier molecular flexibility index (Phi) is 4.10. The zero-order valence-corrected chi connectivity index (χ0v) is 10.2. The molecule has 2 atom stereocenters. The van der Waals surface area contributed by atoms with Gasteiger partial charge in [-0.1, -0.05) is 0 Å². The van der Waals surface area contributed by atoms with E-state index >= 15 is 0 Å². The lowest BCUT2D eigenvalue weighted by Gasteiger charge is -2.42. The Labute approximate surface area is 90.1 Å². The highest BCUT2D eigenvalue weighted by atomic mass is 31.1. The Hall–Kier alpha value is 0.240. The largest absolute Gasteiger partial charge is 0.379 e. The van der Waals surface area contributed by atoms with E-state index in [1.807, 2.05) is 18.5 Å². The quantitative estimate of drug-likeness (QED) is 0.557. The van der Waals surface area contributed by atoms with Crippen LogP contribution in [0.5, 0.6) is 0 Å². The van der Waals surface area contributed by atoms with Crippen molar-refractivity contribution in [2.75, 3.05) is 26.3 Å². The van der Waals surface area contributed by atoms with Crippen LogP contribution in [0.1, 0.15) is 0 Å². The van der Waals surface area contributed by atoms with E-state index in [0.29, 0.717) is 13.2 Å². The van der Waals surface area contributed by atoms with E-state index in [1.165, 1.54) is 4.90 Å². The minimum Gasteiger partial charge on any atom is -0.379 e. The number of ether oxygens (including phenoxy) is 1. The third-order valence-electron chi connectivity index (χ3n) is 2.28. The van der Waals surface area contributed by atoms with Crippen LogP contribution in [-0.4, -0.2) is 48.2 Å². The highest BCUT2D eigenvalue weighted by Gasteiger charge is 2.57. The predicted octanol–water partition coefficient (Wildman–Crippen LogP) is 0.854. The Morgan fingerprint density at radius 2 is 1.73 bits per heavy atom. The lowest BCUT2D eigenvalue weighted by molar-refractivity contribution is -0.165. The van der Waals surface area contributed by atoms with E-state index in [0.717, 1.165) is 0 Å². The summed E-state index contributed by atoms with van der Waals surface area (Å²) in [5, 5.41) is -1.98. The van der Waals surface area contributed by atoms with Crippen LogP contribution >= 0.6 is 18.5 Å². The highest BCUT2D eigenvalue weighted by Crippen LogP contribution is 2.46. The summed E-state index contributed by atoms with van der Waals surface area (Å²) in [6.07, 6.45) is 0. The summed E-state index contributed by atoms with van der Waals surface area (Å²) in [6.45, 7) is 1.05. The Bertz CT molecular complexity index is 257. The molecule has 2 unspecified atom stereocenters. The molecular weight excluding hydrogens is 249 g/mol. The van der Waals surface area contributed by atoms with Crippen LogP contribution in [0.25, 0.3) is 0 Å². The van der Waals surface area contributed by atoms with Gasteiger partial charge in [-0.05, 0) is 0 Å². The molecule has 0 aliphatic carbocycles. The first-order valence-corrected chi connectivity index (χ1v) is 5.44. The van der Waals surface area contributed by atoms with Gasteiger partial charge in [0.1, 0.15) is 5.02 Å². The van der Waals surface area contributed by atoms with E-state index < -0.39 is 17.0 Å². The fourth-order valence-corrected chi connectivity index (χ4v) is 2.03. The Balaban J connectivity index is 2.84. The van der Waals surface area contributed by atoms with E-state index in [9.17, 15) is 18.0 Å². The van der Waals surface area contributed by atoms with Crippen molar-refractivity contribution in [3.63, 3.8) is 0 Å². The van der Waals surface area contributed by atoms with Crippen molar-refractivity contribution in [3.8, 4) is 0 Å². The van der Waals surface area contributed by atoms with Crippen LogP contribution in [0, 0.1) is 0 Å². The molecule has 1 rings (SSSR count). The first-order chi connectivity index (χ1) is 6.80. The predicted molar refractivity (Wildman–Crippen MR) is 55.6 cm³/mol. The minimum absolute atomic E-state index is 0.232. The van der Waals surface area contributed by atoms with E-state index in [4.69, 9.17) is 4.74 Å². The standard InChI is InChI=1S/C7H12F3NO2P2/c8-5(12)6(9,10)7(14,15)11-1-3-13-4-2-11/h1-4,14-15H2. The molecule has 0 radical (unpaired) electrons. The Morgan fingerprint density at radius 1 is 1.27 bits per heavy atom. The van der Waals surface area contributed by atoms with Gasteiger partial charge in [-0.3, -0.25) is 9.69 Å². The van der Waals surface area contributed by atoms with Crippen molar-refractivity contribution in [2.24, 2.45) is 0 Å². The Morgan fingerprint density at radius 3 is 2.13 bits per heavy atom. The number of rotatable bonds is 3. The third-order valence-corrected chi connectivity index (χ3v) is 3.74. The number of carbonyl (C=O) groups is 1. The van der Waals surface area contributed by atoms with Gasteiger partial charge in [0.25, 0.3) is 0 Å². The second-order valence-electron chi connectivity index (χ2n) is 3.27. The normalized spacial score (nSPS) is 20.3. The summed E-state index contributed by atoms with van der Waals surface area (Å²) in [7, 11) is 3.64. The molecule has 1 saturated heterocycles. The lowest BCUT2D eigenvalue weighted by Crippen LogP contribution is -2.57. The van der Waals surface area contributed by atoms with Gasteiger partial charge in [0.05, 0.1) is 13.2 Å². The van der Waals surface area contributed by atoms with Crippen molar-refractivity contribution < 1.29 is 22.7 Å². The van der Waals surface area contributed by atoms with Gasteiger partial charge < -0.3 is 4.74 Å². The SMILES string of the molecule is O=C(F)C(F)(F)C(P)(P)N1CCOCC1. The average molecular weight is 261 g/mol. The molecule has 0 aromatic rings. The van der Waals surface area contributed by atoms with Gasteiger partial charge in [-0.2, -0.15) is 13.2 Å². The molecule has 8 heteroatoms. The molecule has 0 aromatic heterocycles. The summed E-state index contributed by atoms with van der Waals surface area (Å²) >= 11 is 0. The maximum Gasteiger partial charge on any atom is 0.373 e. The van der Waals surface area contributed by atoms with Gasteiger partial charge in [0, 0.05) is 13.1 Å². The molecule has 0 amide bonds. The van der Waals surface area contributed by atoms with Crippen LogP contribution < -0.4 is 0 Å². The first-order valence-electron chi connectivity index (χ1n) is 4.28. The van der Waals surface area contributed by atoms with Crippen molar-refractivity contribution in [1.82, 2.24) is 4.90 Å². The van der Waals surface area contributed by atoms with Crippen LogP contribution in [0.4, 0.5) is 13.2 Å². The maximum atomic E-state index is 13.3. The number of carbonyl (C=O) groups excluding carboxylic acids is 1. The second kappa shape index (κ2) is 4.62. The van der Waals surface area contributed by atoms with Gasteiger partial charge in [0.15, 0.2) is 0 Å². The second-order valence-corrected chi connectivity index (χ2v) is 5.70. The highest BCUT2D eigenvalue weighted by molar-refractivity contribution is 7.40. The molecule has 0 N–H and O–H groups in total. The summed E-state index contributed by atoms with van der Waals surface area (Å²) in [5.41, 5.74) is 0. The number of alkyl halides is 2. The molecular formula is C7H12F3NO2P2. The molecule has 0 spiro atoms. The molecule has 3 nitrogen and oxygen atoms in total. The lowest BCUT2D eigenvalue weighted by atomic mass is 10.3. The molecule has 88 valence electrons. The van der Waals surface area contributed by atoms with Crippen LogP contribution in [0.3, 0.4) is 0 Å². The molecule has 15 heavy (non-hydrogen) atoms. The molecule has 0 saturated carbocycles. The van der Waals surface area contributed by atoms with Crippen LogP contribution in [0.2, 0.25) is 0 Å². The molecule has 1 aliphatic heterocycles. The zero-order chi connectivity index (χ0) is 11.7. The smallest absolute Gasteiger partial charge is 0.373 e. The molecule has 1 fully saturated rings. The van der Waals surface area contributed by atoms with Crippen LogP contribution in [-0.2, 0) is 9.53 Å². The van der Waals surface area contributed by atoms with Crippen molar-refractivity contribution in [3.05, 3.63) is 0 Å². The van der Waals surface area contributed by atoms with E-state index in [2.05, 4.69) is 0 Å². The fraction of sp³-hybridized carbons (Fsp3) is 0.857. The summed E-state index contributed by atoms with van der Waals surface area (Å²) in [4.78, 5) is 11.5. The average Bonchev–Trinajstić information content (AvgIpc) is 2.18. The van der Waals surface area contributed by atoms with Crippen molar-refractivity contribution >= 4 is 24.5 Å². The number of nitrogens with zero attached hydrogens (tertiary/aromatic N) is 1. The first kappa shape index (κ1) is 13.3.